The normalized spacial score (nSPS) is 30.1. The fraction of sp³-hybridized carbons (Fsp3) is 0.696. The molecule has 6 heteroatoms. The second kappa shape index (κ2) is 7.55. The van der Waals surface area contributed by atoms with Gasteiger partial charge in [0.15, 0.2) is 0 Å². The van der Waals surface area contributed by atoms with Gasteiger partial charge in [0.2, 0.25) is 5.91 Å². The van der Waals surface area contributed by atoms with Crippen LogP contribution >= 0.6 is 0 Å². The van der Waals surface area contributed by atoms with Crippen LogP contribution in [-0.2, 0) is 9.53 Å². The summed E-state index contributed by atoms with van der Waals surface area (Å²) in [4.78, 5) is 19.7. The van der Waals surface area contributed by atoms with Crippen LogP contribution in [0.2, 0.25) is 0 Å². The molecule has 0 radical (unpaired) electrons. The summed E-state index contributed by atoms with van der Waals surface area (Å²) in [6, 6.07) is 6.68. The Labute approximate surface area is 172 Å². The third-order valence-corrected chi connectivity index (χ3v) is 7.79. The number of anilines is 2. The number of amides is 1. The van der Waals surface area contributed by atoms with Crippen LogP contribution in [0.15, 0.2) is 18.2 Å². The van der Waals surface area contributed by atoms with E-state index in [-0.39, 0.29) is 17.1 Å². The van der Waals surface area contributed by atoms with E-state index in [1.807, 2.05) is 12.1 Å². The molecule has 158 valence electrons. The summed E-state index contributed by atoms with van der Waals surface area (Å²) in [6.45, 7) is 7.32. The summed E-state index contributed by atoms with van der Waals surface area (Å²) >= 11 is 0. The van der Waals surface area contributed by atoms with Gasteiger partial charge < -0.3 is 14.5 Å². The van der Waals surface area contributed by atoms with Gasteiger partial charge in [0.1, 0.15) is 5.82 Å². The van der Waals surface area contributed by atoms with Crippen molar-refractivity contribution in [3.63, 3.8) is 0 Å². The molecule has 5 nitrogen and oxygen atoms in total. The minimum absolute atomic E-state index is 0.0803. The first kappa shape index (κ1) is 19.3. The van der Waals surface area contributed by atoms with E-state index in [0.717, 1.165) is 44.5 Å². The Kier molecular flexibility index (Phi) is 5.03. The molecule has 4 aliphatic heterocycles. The molecule has 2 atom stereocenters. The molecular formula is C23H32FN3O2. The molecule has 1 aromatic carbocycles. The Hall–Kier alpha value is -1.66. The van der Waals surface area contributed by atoms with Crippen LogP contribution in [0.25, 0.3) is 0 Å². The van der Waals surface area contributed by atoms with E-state index in [0.29, 0.717) is 37.5 Å². The molecular weight excluding hydrogens is 369 g/mol. The highest BCUT2D eigenvalue weighted by molar-refractivity contribution is 6.00. The SMILES string of the molecule is C[C@H]1CCCN1[C@H]1CCN(c2ccc(N3CCC4(CCOCC4)C3=O)c(F)c2)C1. The van der Waals surface area contributed by atoms with Gasteiger partial charge >= 0.3 is 0 Å². The van der Waals surface area contributed by atoms with Crippen molar-refractivity contribution in [3.05, 3.63) is 24.0 Å². The van der Waals surface area contributed by atoms with Crippen molar-refractivity contribution in [2.75, 3.05) is 49.2 Å². The highest BCUT2D eigenvalue weighted by atomic mass is 19.1. The summed E-state index contributed by atoms with van der Waals surface area (Å²) in [5.41, 5.74) is 1.04. The fourth-order valence-electron chi connectivity index (χ4n) is 5.93. The van der Waals surface area contributed by atoms with Crippen molar-refractivity contribution < 1.29 is 13.9 Å². The number of benzene rings is 1. The molecule has 0 N–H and O–H groups in total. The molecule has 1 aromatic rings. The maximum absolute atomic E-state index is 15.1. The first-order valence-corrected chi connectivity index (χ1v) is 11.3. The van der Waals surface area contributed by atoms with Crippen molar-refractivity contribution in [2.24, 2.45) is 5.41 Å². The van der Waals surface area contributed by atoms with E-state index in [2.05, 4.69) is 16.7 Å². The van der Waals surface area contributed by atoms with E-state index in [1.54, 1.807) is 11.0 Å². The van der Waals surface area contributed by atoms with E-state index in [1.165, 1.54) is 19.4 Å². The Morgan fingerprint density at radius 3 is 2.66 bits per heavy atom. The van der Waals surface area contributed by atoms with Crippen LogP contribution < -0.4 is 9.80 Å². The van der Waals surface area contributed by atoms with Gasteiger partial charge in [-0.05, 0) is 70.2 Å². The maximum Gasteiger partial charge on any atom is 0.233 e. The van der Waals surface area contributed by atoms with Gasteiger partial charge in [-0.15, -0.1) is 0 Å². The standard InChI is InChI=1S/C23H32FN3O2/c1-17-3-2-10-26(17)19-6-11-25(16-19)18-4-5-21(20(24)15-18)27-12-7-23(22(27)28)8-13-29-14-9-23/h4-5,15,17,19H,2-3,6-14,16H2,1H3/t17-,19-/m0/s1. The molecule has 0 aliphatic carbocycles. The molecule has 0 aromatic heterocycles. The summed E-state index contributed by atoms with van der Waals surface area (Å²) in [5.74, 6) is -0.199. The van der Waals surface area contributed by atoms with Crippen molar-refractivity contribution in [1.29, 1.82) is 0 Å². The smallest absolute Gasteiger partial charge is 0.233 e. The van der Waals surface area contributed by atoms with E-state index < -0.39 is 0 Å². The zero-order valence-electron chi connectivity index (χ0n) is 17.4. The lowest BCUT2D eigenvalue weighted by Crippen LogP contribution is -2.39. The third-order valence-electron chi connectivity index (χ3n) is 7.79. The van der Waals surface area contributed by atoms with Crippen molar-refractivity contribution in [2.45, 2.75) is 57.5 Å². The number of nitrogens with zero attached hydrogens (tertiary/aromatic N) is 3. The Morgan fingerprint density at radius 1 is 1.10 bits per heavy atom. The number of halogens is 1. The number of carbonyl (C=O) groups is 1. The highest BCUT2D eigenvalue weighted by Crippen LogP contribution is 2.43. The zero-order valence-corrected chi connectivity index (χ0v) is 17.4. The zero-order chi connectivity index (χ0) is 20.0. The number of hydrogen-bond donors (Lipinski definition) is 0. The second-order valence-electron chi connectivity index (χ2n) is 9.35. The van der Waals surface area contributed by atoms with Gasteiger partial charge in [0, 0.05) is 50.6 Å². The van der Waals surface area contributed by atoms with Gasteiger partial charge in [-0.25, -0.2) is 4.39 Å². The lowest BCUT2D eigenvalue weighted by Gasteiger charge is -2.31. The third kappa shape index (κ3) is 3.34. The summed E-state index contributed by atoms with van der Waals surface area (Å²) < 4.78 is 20.5. The molecule has 0 unspecified atom stereocenters. The second-order valence-corrected chi connectivity index (χ2v) is 9.35. The molecule has 1 spiro atoms. The van der Waals surface area contributed by atoms with Crippen LogP contribution in [0.1, 0.15) is 45.4 Å². The van der Waals surface area contributed by atoms with E-state index in [4.69, 9.17) is 4.74 Å². The van der Waals surface area contributed by atoms with Crippen LogP contribution in [-0.4, -0.2) is 62.3 Å². The summed E-state index contributed by atoms with van der Waals surface area (Å²) in [5, 5.41) is 0. The van der Waals surface area contributed by atoms with E-state index >= 15 is 4.39 Å². The van der Waals surface area contributed by atoms with Crippen molar-refractivity contribution in [1.82, 2.24) is 4.90 Å². The minimum atomic E-state index is -0.335. The van der Waals surface area contributed by atoms with Crippen LogP contribution in [0.4, 0.5) is 15.8 Å². The monoisotopic (exact) mass is 401 g/mol. The number of ether oxygens (including phenoxy) is 1. The molecule has 4 heterocycles. The van der Waals surface area contributed by atoms with Gasteiger partial charge in [-0.1, -0.05) is 0 Å². The topological polar surface area (TPSA) is 36.0 Å². The summed E-state index contributed by atoms with van der Waals surface area (Å²) in [7, 11) is 0. The predicted molar refractivity (Wildman–Crippen MR) is 112 cm³/mol. The van der Waals surface area contributed by atoms with Crippen molar-refractivity contribution in [3.8, 4) is 0 Å². The van der Waals surface area contributed by atoms with Crippen LogP contribution in [0.3, 0.4) is 0 Å². The number of rotatable bonds is 3. The molecule has 4 saturated heterocycles. The molecule has 5 rings (SSSR count). The number of carbonyl (C=O) groups excluding carboxylic acids is 1. The predicted octanol–water partition coefficient (Wildman–Crippen LogP) is 3.42. The highest BCUT2D eigenvalue weighted by Gasteiger charge is 2.48. The summed E-state index contributed by atoms with van der Waals surface area (Å²) in [6.07, 6.45) is 6.04. The minimum Gasteiger partial charge on any atom is -0.381 e. The molecule has 0 bridgehead atoms. The van der Waals surface area contributed by atoms with Gasteiger partial charge in [0.05, 0.1) is 11.1 Å². The molecule has 4 aliphatic rings. The van der Waals surface area contributed by atoms with E-state index in [9.17, 15) is 4.79 Å². The van der Waals surface area contributed by atoms with Gasteiger partial charge in [0.25, 0.3) is 0 Å². The quantitative estimate of drug-likeness (QED) is 0.778. The van der Waals surface area contributed by atoms with Crippen LogP contribution in [0.5, 0.6) is 0 Å². The average Bonchev–Trinajstić information content (AvgIpc) is 3.44. The first-order chi connectivity index (χ1) is 14.1. The lowest BCUT2D eigenvalue weighted by atomic mass is 9.79. The molecule has 1 amide bonds. The average molecular weight is 402 g/mol. The lowest BCUT2D eigenvalue weighted by molar-refractivity contribution is -0.130. The van der Waals surface area contributed by atoms with Gasteiger partial charge in [-0.3, -0.25) is 9.69 Å². The number of likely N-dealkylation sites (tertiary alicyclic amines) is 1. The fourth-order valence-corrected chi connectivity index (χ4v) is 5.93. The van der Waals surface area contributed by atoms with Crippen LogP contribution in [0, 0.1) is 11.2 Å². The molecule has 4 fully saturated rings. The number of hydrogen-bond acceptors (Lipinski definition) is 4. The van der Waals surface area contributed by atoms with Gasteiger partial charge in [-0.2, -0.15) is 0 Å². The largest absolute Gasteiger partial charge is 0.381 e. The Morgan fingerprint density at radius 2 is 1.93 bits per heavy atom. The molecule has 29 heavy (non-hydrogen) atoms. The maximum atomic E-state index is 15.1. The first-order valence-electron chi connectivity index (χ1n) is 11.3. The van der Waals surface area contributed by atoms with Crippen molar-refractivity contribution >= 4 is 17.3 Å². The Balaban J connectivity index is 1.29. The Bertz CT molecular complexity index is 779. The molecule has 0 saturated carbocycles.